The van der Waals surface area contributed by atoms with Crippen LogP contribution in [-0.4, -0.2) is 13.2 Å². The third-order valence-corrected chi connectivity index (χ3v) is 5.72. The van der Waals surface area contributed by atoms with Crippen LogP contribution in [-0.2, 0) is 15.6 Å². The maximum absolute atomic E-state index is 14.8. The number of ether oxygens (including phenoxy) is 4. The lowest BCUT2D eigenvalue weighted by molar-refractivity contribution is -0.197. The van der Waals surface area contributed by atoms with Gasteiger partial charge in [-0.1, -0.05) is 36.4 Å². The van der Waals surface area contributed by atoms with Crippen LogP contribution in [0.1, 0.15) is 24.3 Å². The molecule has 0 spiro atoms. The summed E-state index contributed by atoms with van der Waals surface area (Å²) in [6.45, 7) is 2.77. The zero-order chi connectivity index (χ0) is 29.0. The van der Waals surface area contributed by atoms with Crippen LogP contribution in [0.15, 0.2) is 73.0 Å². The Morgan fingerprint density at radius 3 is 1.95 bits per heavy atom. The molecule has 0 radical (unpaired) electrons. The summed E-state index contributed by atoms with van der Waals surface area (Å²) < 4.78 is 131. The molecule has 0 atom stereocenters. The average molecular weight is 572 g/mol. The molecule has 1 aliphatic rings. The molecule has 0 aromatic heterocycles. The van der Waals surface area contributed by atoms with Gasteiger partial charge in [0, 0.05) is 23.6 Å². The second-order valence-corrected chi connectivity index (χ2v) is 8.58. The van der Waals surface area contributed by atoms with Gasteiger partial charge in [-0.15, -0.1) is 0 Å². The smallest absolute Gasteiger partial charge is 0.432 e. The second-order valence-electron chi connectivity index (χ2n) is 8.58. The van der Waals surface area contributed by atoms with Crippen LogP contribution >= 0.6 is 0 Å². The van der Waals surface area contributed by atoms with Crippen molar-refractivity contribution in [1.82, 2.24) is 0 Å². The number of benzene rings is 3. The number of halogens is 8. The normalized spacial score (nSPS) is 17.6. The highest BCUT2D eigenvalue weighted by molar-refractivity contribution is 5.64. The maximum Gasteiger partial charge on any atom is 0.432 e. The zero-order valence-electron chi connectivity index (χ0n) is 20.6. The van der Waals surface area contributed by atoms with Crippen LogP contribution in [0.2, 0.25) is 0 Å². The van der Waals surface area contributed by atoms with E-state index in [1.807, 2.05) is 19.1 Å². The first-order chi connectivity index (χ1) is 19.0. The van der Waals surface area contributed by atoms with Crippen LogP contribution in [0.3, 0.4) is 0 Å². The minimum atomic E-state index is -4.72. The first-order valence-corrected chi connectivity index (χ1v) is 11.7. The summed E-state index contributed by atoms with van der Waals surface area (Å²) in [5.74, 6) is -9.12. The Labute approximate surface area is 223 Å². The van der Waals surface area contributed by atoms with Gasteiger partial charge >= 0.3 is 12.2 Å². The topological polar surface area (TPSA) is 36.9 Å². The highest BCUT2D eigenvalue weighted by atomic mass is 19.3. The molecule has 212 valence electrons. The van der Waals surface area contributed by atoms with Crippen LogP contribution in [0.5, 0.6) is 11.5 Å². The molecule has 40 heavy (non-hydrogen) atoms. The van der Waals surface area contributed by atoms with Crippen LogP contribution < -0.4 is 9.47 Å². The summed E-state index contributed by atoms with van der Waals surface area (Å²) in [4.78, 5) is 0. The molecule has 4 rings (SSSR count). The molecule has 1 saturated heterocycles. The number of hydrogen-bond donors (Lipinski definition) is 0. The maximum atomic E-state index is 14.8. The number of rotatable bonds is 8. The summed E-state index contributed by atoms with van der Waals surface area (Å²) >= 11 is 0. The number of alkyl halides is 2. The monoisotopic (exact) mass is 572 g/mol. The third-order valence-electron chi connectivity index (χ3n) is 5.72. The molecule has 1 heterocycles. The molecular formula is C28H20F8O4. The highest BCUT2D eigenvalue weighted by Gasteiger charge is 2.41. The molecule has 3 aromatic rings. The number of hydrogen-bond acceptors (Lipinski definition) is 4. The van der Waals surface area contributed by atoms with E-state index >= 15 is 0 Å². The van der Waals surface area contributed by atoms with Crippen LogP contribution in [0.4, 0.5) is 35.1 Å². The lowest BCUT2D eigenvalue weighted by Gasteiger charge is -2.28. The lowest BCUT2D eigenvalue weighted by atomic mass is 10.0. The molecule has 0 amide bonds. The van der Waals surface area contributed by atoms with Gasteiger partial charge in [0.1, 0.15) is 22.9 Å². The van der Waals surface area contributed by atoms with E-state index in [1.165, 1.54) is 12.1 Å². The van der Waals surface area contributed by atoms with E-state index in [0.29, 0.717) is 36.5 Å². The molecule has 3 aromatic carbocycles. The molecule has 0 N–H and O–H groups in total. The fraction of sp³-hybridized carbons (Fsp3) is 0.214. The molecule has 0 bridgehead atoms. The van der Waals surface area contributed by atoms with Crippen molar-refractivity contribution in [2.45, 2.75) is 19.3 Å². The fourth-order valence-corrected chi connectivity index (χ4v) is 3.96. The van der Waals surface area contributed by atoms with Crippen molar-refractivity contribution < 1.29 is 54.1 Å². The first-order valence-electron chi connectivity index (χ1n) is 11.7. The first kappa shape index (κ1) is 29.1. The fourth-order valence-electron chi connectivity index (χ4n) is 3.96. The van der Waals surface area contributed by atoms with Gasteiger partial charge in [-0.05, 0) is 30.2 Å². The zero-order valence-corrected chi connectivity index (χ0v) is 20.6. The van der Waals surface area contributed by atoms with E-state index in [2.05, 4.69) is 9.47 Å². The van der Waals surface area contributed by atoms with Crippen LogP contribution in [0, 0.1) is 29.2 Å². The molecule has 0 saturated carbocycles. The van der Waals surface area contributed by atoms with Gasteiger partial charge in [0.05, 0.1) is 13.2 Å². The van der Waals surface area contributed by atoms with E-state index < -0.39 is 58.8 Å². The molecule has 0 unspecified atom stereocenters. The lowest BCUT2D eigenvalue weighted by Crippen LogP contribution is -2.25. The Bertz CT molecular complexity index is 1360. The molecule has 1 aliphatic heterocycles. The minimum Gasteiger partial charge on any atom is -0.453 e. The molecule has 1 fully saturated rings. The van der Waals surface area contributed by atoms with Crippen molar-refractivity contribution in [3.8, 4) is 22.6 Å². The van der Waals surface area contributed by atoms with Crippen molar-refractivity contribution in [2.24, 2.45) is 5.92 Å². The van der Waals surface area contributed by atoms with E-state index in [4.69, 9.17) is 9.47 Å². The summed E-state index contributed by atoms with van der Waals surface area (Å²) in [6.07, 6.45) is -4.19. The molecule has 4 nitrogen and oxygen atoms in total. The van der Waals surface area contributed by atoms with Crippen molar-refractivity contribution in [3.05, 3.63) is 107 Å². The predicted octanol–water partition coefficient (Wildman–Crippen LogP) is 8.39. The van der Waals surface area contributed by atoms with Crippen molar-refractivity contribution in [3.63, 3.8) is 0 Å². The standard InChI is InChI=1S/C28H20F8O4/c1-2-3-15-12-38-27(39-13-15)17-6-4-16(5-7-17)18-8-20(29)25(21(30)9-18)28(35,36)40-19-10-22(31)26(23(32)11-19)37-14-24(33)34/h2-11,14-15,27H,12-13H2,1H3. The summed E-state index contributed by atoms with van der Waals surface area (Å²) in [5.41, 5.74) is -0.956. The van der Waals surface area contributed by atoms with E-state index in [-0.39, 0.29) is 29.9 Å². The highest BCUT2D eigenvalue weighted by Crippen LogP contribution is 2.39. The van der Waals surface area contributed by atoms with E-state index in [9.17, 15) is 35.1 Å². The van der Waals surface area contributed by atoms with Crippen molar-refractivity contribution in [2.75, 3.05) is 13.2 Å². The Morgan fingerprint density at radius 2 is 1.43 bits per heavy atom. The van der Waals surface area contributed by atoms with E-state index in [1.54, 1.807) is 12.1 Å². The van der Waals surface area contributed by atoms with Gasteiger partial charge in [0.15, 0.2) is 29.9 Å². The minimum absolute atomic E-state index is 0.0773. The summed E-state index contributed by atoms with van der Waals surface area (Å²) in [7, 11) is 0. The van der Waals surface area contributed by atoms with Crippen LogP contribution in [0.25, 0.3) is 11.1 Å². The second kappa shape index (κ2) is 12.1. The molecule has 12 heteroatoms. The Kier molecular flexibility index (Phi) is 8.79. The van der Waals surface area contributed by atoms with E-state index in [0.717, 1.165) is 0 Å². The van der Waals surface area contributed by atoms with Gasteiger partial charge < -0.3 is 18.9 Å². The van der Waals surface area contributed by atoms with Crippen molar-refractivity contribution in [1.29, 1.82) is 0 Å². The Balaban J connectivity index is 1.52. The molecular weight excluding hydrogens is 552 g/mol. The Hall–Kier alpha value is -3.90. The van der Waals surface area contributed by atoms with Gasteiger partial charge in [-0.2, -0.15) is 17.6 Å². The summed E-state index contributed by atoms with van der Waals surface area (Å²) in [5, 5.41) is 0. The predicted molar refractivity (Wildman–Crippen MR) is 127 cm³/mol. The summed E-state index contributed by atoms with van der Waals surface area (Å²) in [6, 6.07) is 7.87. The molecule has 0 aliphatic carbocycles. The van der Waals surface area contributed by atoms with Gasteiger partial charge in [-0.25, -0.2) is 17.6 Å². The average Bonchev–Trinajstić information content (AvgIpc) is 2.88. The largest absolute Gasteiger partial charge is 0.453 e. The number of allylic oxidation sites excluding steroid dienone is 1. The third kappa shape index (κ3) is 6.62. The van der Waals surface area contributed by atoms with Gasteiger partial charge in [0.25, 0.3) is 0 Å². The SMILES string of the molecule is CC=CC1COC(c2ccc(-c3cc(F)c(C(F)(F)Oc4cc(F)c(OC=C(F)F)c(F)c4)c(F)c3)cc2)OC1. The Morgan fingerprint density at radius 1 is 0.850 bits per heavy atom. The van der Waals surface area contributed by atoms with Crippen molar-refractivity contribution >= 4 is 0 Å². The van der Waals surface area contributed by atoms with Gasteiger partial charge in [0.2, 0.25) is 0 Å². The quantitative estimate of drug-likeness (QED) is 0.154. The van der Waals surface area contributed by atoms with Gasteiger partial charge in [-0.3, -0.25) is 0 Å².